The van der Waals surface area contributed by atoms with E-state index in [9.17, 15) is 0 Å². The van der Waals surface area contributed by atoms with E-state index < -0.39 is 0 Å². The van der Waals surface area contributed by atoms with Crippen molar-refractivity contribution in [3.63, 3.8) is 0 Å². The van der Waals surface area contributed by atoms with Crippen LogP contribution >= 0.6 is 0 Å². The minimum absolute atomic E-state index is 0.0326. The Balaban J connectivity index is 2.15. The van der Waals surface area contributed by atoms with E-state index in [1.807, 2.05) is 0 Å². The van der Waals surface area contributed by atoms with Crippen LogP contribution in [0.5, 0.6) is 0 Å². The van der Waals surface area contributed by atoms with E-state index in [0.29, 0.717) is 5.92 Å². The molecule has 0 amide bonds. The van der Waals surface area contributed by atoms with Crippen LogP contribution in [0.15, 0.2) is 0 Å². The normalized spacial score (nSPS) is 18.8. The third-order valence-corrected chi connectivity index (χ3v) is 3.89. The third kappa shape index (κ3) is 2.66. The standard InChI is InChI=1S/C13H25N5/c1-3-15-13-17-16-12(18(13)4-2)11(14)10-8-6-5-7-9-10/h10-11H,3-9,14H2,1-2H3,(H,15,17). The predicted molar refractivity (Wildman–Crippen MR) is 73.4 cm³/mol. The molecule has 1 unspecified atom stereocenters. The molecule has 1 atom stereocenters. The quantitative estimate of drug-likeness (QED) is 0.842. The van der Waals surface area contributed by atoms with Crippen molar-refractivity contribution in [3.8, 4) is 0 Å². The molecule has 5 heteroatoms. The Labute approximate surface area is 109 Å². The highest BCUT2D eigenvalue weighted by Crippen LogP contribution is 2.32. The maximum Gasteiger partial charge on any atom is 0.224 e. The van der Waals surface area contributed by atoms with Crippen molar-refractivity contribution in [2.24, 2.45) is 11.7 Å². The van der Waals surface area contributed by atoms with Crippen LogP contribution in [0.25, 0.3) is 0 Å². The summed E-state index contributed by atoms with van der Waals surface area (Å²) in [6.45, 7) is 5.90. The van der Waals surface area contributed by atoms with Gasteiger partial charge in [-0.1, -0.05) is 19.3 Å². The number of aromatic nitrogens is 3. The zero-order valence-corrected chi connectivity index (χ0v) is 11.5. The van der Waals surface area contributed by atoms with Crippen LogP contribution in [0.2, 0.25) is 0 Å². The highest BCUT2D eigenvalue weighted by atomic mass is 15.4. The van der Waals surface area contributed by atoms with Gasteiger partial charge in [-0.05, 0) is 32.6 Å². The van der Waals surface area contributed by atoms with Gasteiger partial charge in [0.05, 0.1) is 6.04 Å². The molecule has 0 aromatic carbocycles. The highest BCUT2D eigenvalue weighted by Gasteiger charge is 2.26. The third-order valence-electron chi connectivity index (χ3n) is 3.89. The van der Waals surface area contributed by atoms with Gasteiger partial charge in [0, 0.05) is 13.1 Å². The lowest BCUT2D eigenvalue weighted by atomic mass is 9.84. The molecule has 3 N–H and O–H groups in total. The monoisotopic (exact) mass is 251 g/mol. The van der Waals surface area contributed by atoms with E-state index in [1.165, 1.54) is 32.1 Å². The molecule has 1 aromatic rings. The second kappa shape index (κ2) is 6.18. The van der Waals surface area contributed by atoms with Crippen LogP contribution in [-0.4, -0.2) is 21.3 Å². The Morgan fingerprint density at radius 2 is 2.00 bits per heavy atom. The average molecular weight is 251 g/mol. The minimum atomic E-state index is 0.0326. The Bertz CT molecular complexity index is 367. The van der Waals surface area contributed by atoms with Crippen LogP contribution < -0.4 is 11.1 Å². The maximum atomic E-state index is 6.40. The lowest BCUT2D eigenvalue weighted by Gasteiger charge is -2.27. The van der Waals surface area contributed by atoms with E-state index in [-0.39, 0.29) is 6.04 Å². The van der Waals surface area contributed by atoms with Crippen LogP contribution in [0.3, 0.4) is 0 Å². The van der Waals surface area contributed by atoms with Crippen molar-refractivity contribution >= 4 is 5.95 Å². The van der Waals surface area contributed by atoms with Gasteiger partial charge in [-0.3, -0.25) is 4.57 Å². The van der Waals surface area contributed by atoms with Crippen LogP contribution in [0, 0.1) is 5.92 Å². The van der Waals surface area contributed by atoms with E-state index in [2.05, 4.69) is 33.9 Å². The van der Waals surface area contributed by atoms with Gasteiger partial charge < -0.3 is 11.1 Å². The van der Waals surface area contributed by atoms with E-state index in [1.54, 1.807) is 0 Å². The topological polar surface area (TPSA) is 68.8 Å². The molecular formula is C13H25N5. The first kappa shape index (κ1) is 13.3. The molecule has 1 aliphatic rings. The van der Waals surface area contributed by atoms with Gasteiger partial charge in [0.25, 0.3) is 0 Å². The number of hydrogen-bond acceptors (Lipinski definition) is 4. The second-order valence-corrected chi connectivity index (χ2v) is 5.08. The molecule has 102 valence electrons. The maximum absolute atomic E-state index is 6.40. The first-order valence-electron chi connectivity index (χ1n) is 7.20. The fraction of sp³-hybridized carbons (Fsp3) is 0.846. The summed E-state index contributed by atoms with van der Waals surface area (Å²) in [4.78, 5) is 0. The summed E-state index contributed by atoms with van der Waals surface area (Å²) in [5.74, 6) is 2.37. The van der Waals surface area contributed by atoms with Crippen molar-refractivity contribution in [2.45, 2.75) is 58.5 Å². The lowest BCUT2D eigenvalue weighted by molar-refractivity contribution is 0.296. The van der Waals surface area contributed by atoms with Crippen LogP contribution in [0.4, 0.5) is 5.95 Å². The van der Waals surface area contributed by atoms with Crippen molar-refractivity contribution < 1.29 is 0 Å². The molecule has 18 heavy (non-hydrogen) atoms. The van der Waals surface area contributed by atoms with Crippen molar-refractivity contribution in [1.29, 1.82) is 0 Å². The van der Waals surface area contributed by atoms with Gasteiger partial charge in [0.2, 0.25) is 5.95 Å². The summed E-state index contributed by atoms with van der Waals surface area (Å²) < 4.78 is 2.11. The molecule has 0 aliphatic heterocycles. The van der Waals surface area contributed by atoms with Crippen LogP contribution in [-0.2, 0) is 6.54 Å². The number of anilines is 1. The molecule has 1 heterocycles. The smallest absolute Gasteiger partial charge is 0.224 e. The van der Waals surface area contributed by atoms with Gasteiger partial charge in [0.15, 0.2) is 5.82 Å². The zero-order chi connectivity index (χ0) is 13.0. The molecule has 2 rings (SSSR count). The Morgan fingerprint density at radius 1 is 1.28 bits per heavy atom. The Kier molecular flexibility index (Phi) is 4.58. The van der Waals surface area contributed by atoms with Gasteiger partial charge in [-0.15, -0.1) is 10.2 Å². The van der Waals surface area contributed by atoms with E-state index >= 15 is 0 Å². The summed E-state index contributed by atoms with van der Waals surface area (Å²) in [5, 5.41) is 11.8. The molecule has 0 radical (unpaired) electrons. The number of nitrogens with two attached hydrogens (primary N) is 1. The van der Waals surface area contributed by atoms with Gasteiger partial charge in [-0.25, -0.2) is 0 Å². The molecule has 1 saturated carbocycles. The number of hydrogen-bond donors (Lipinski definition) is 2. The summed E-state index contributed by atoms with van der Waals surface area (Å²) in [7, 11) is 0. The molecule has 1 aliphatic carbocycles. The molecule has 0 saturated heterocycles. The largest absolute Gasteiger partial charge is 0.355 e. The minimum Gasteiger partial charge on any atom is -0.355 e. The molecule has 1 fully saturated rings. The lowest BCUT2D eigenvalue weighted by Crippen LogP contribution is -2.27. The molecule has 0 spiro atoms. The van der Waals surface area contributed by atoms with Gasteiger partial charge in [0.1, 0.15) is 0 Å². The summed E-state index contributed by atoms with van der Waals surface area (Å²) in [6, 6.07) is 0.0326. The summed E-state index contributed by atoms with van der Waals surface area (Å²) >= 11 is 0. The number of nitrogens with one attached hydrogen (secondary N) is 1. The number of nitrogens with zero attached hydrogens (tertiary/aromatic N) is 3. The SMILES string of the molecule is CCNc1nnc(C(N)C2CCCCC2)n1CC. The Morgan fingerprint density at radius 3 is 2.61 bits per heavy atom. The van der Waals surface area contributed by atoms with E-state index in [4.69, 9.17) is 5.73 Å². The molecule has 0 bridgehead atoms. The fourth-order valence-corrected chi connectivity index (χ4v) is 2.87. The predicted octanol–water partition coefficient (Wildman–Crippen LogP) is 2.31. The second-order valence-electron chi connectivity index (χ2n) is 5.08. The molecule has 1 aromatic heterocycles. The summed E-state index contributed by atoms with van der Waals surface area (Å²) in [6.07, 6.45) is 6.42. The van der Waals surface area contributed by atoms with Gasteiger partial charge >= 0.3 is 0 Å². The van der Waals surface area contributed by atoms with E-state index in [0.717, 1.165) is 24.9 Å². The van der Waals surface area contributed by atoms with Crippen LogP contribution in [0.1, 0.15) is 57.8 Å². The highest BCUT2D eigenvalue weighted by molar-refractivity contribution is 5.26. The van der Waals surface area contributed by atoms with Crippen molar-refractivity contribution in [2.75, 3.05) is 11.9 Å². The first-order valence-corrected chi connectivity index (χ1v) is 7.20. The van der Waals surface area contributed by atoms with Crippen molar-refractivity contribution in [3.05, 3.63) is 5.82 Å². The number of rotatable bonds is 5. The van der Waals surface area contributed by atoms with Crippen molar-refractivity contribution in [1.82, 2.24) is 14.8 Å². The summed E-state index contributed by atoms with van der Waals surface area (Å²) in [5.41, 5.74) is 6.40. The molecular weight excluding hydrogens is 226 g/mol. The Hall–Kier alpha value is -1.10. The fourth-order valence-electron chi connectivity index (χ4n) is 2.87. The zero-order valence-electron chi connectivity index (χ0n) is 11.5. The molecule has 5 nitrogen and oxygen atoms in total. The van der Waals surface area contributed by atoms with Gasteiger partial charge in [-0.2, -0.15) is 0 Å². The first-order chi connectivity index (χ1) is 8.77. The average Bonchev–Trinajstić information content (AvgIpc) is 2.82.